The van der Waals surface area contributed by atoms with Gasteiger partial charge in [-0.3, -0.25) is 19.7 Å². The second kappa shape index (κ2) is 9.64. The van der Waals surface area contributed by atoms with Gasteiger partial charge in [0.05, 0.1) is 18.2 Å². The number of carbonyl (C=O) groups excluding carboxylic acids is 2. The van der Waals surface area contributed by atoms with E-state index in [1.165, 1.54) is 18.3 Å². The molecule has 0 saturated carbocycles. The van der Waals surface area contributed by atoms with E-state index < -0.39 is 4.92 Å². The molecule has 0 unspecified atom stereocenters. The molecule has 0 radical (unpaired) electrons. The molecule has 30 heavy (non-hydrogen) atoms. The Morgan fingerprint density at radius 1 is 1.20 bits per heavy atom. The molecule has 2 aromatic rings. The van der Waals surface area contributed by atoms with Crippen LogP contribution in [0.3, 0.4) is 0 Å². The monoisotopic (exact) mass is 410 g/mol. The molecular formula is C21H22N4O5. The minimum atomic E-state index is -0.478. The van der Waals surface area contributed by atoms with Crippen LogP contribution in [0, 0.1) is 16.0 Å². The number of non-ortho nitro benzene ring substituents is 1. The third-order valence-corrected chi connectivity index (χ3v) is 4.96. The van der Waals surface area contributed by atoms with E-state index in [0.29, 0.717) is 42.8 Å². The molecule has 0 spiro atoms. The fraction of sp³-hybridized carbons (Fsp3) is 0.286. The van der Waals surface area contributed by atoms with Crippen molar-refractivity contribution in [2.45, 2.75) is 12.8 Å². The highest BCUT2D eigenvalue weighted by molar-refractivity contribution is 5.94. The van der Waals surface area contributed by atoms with Gasteiger partial charge in [-0.15, -0.1) is 0 Å². The molecule has 0 aromatic heterocycles. The van der Waals surface area contributed by atoms with Crippen molar-refractivity contribution in [3.05, 3.63) is 69.8 Å². The predicted octanol–water partition coefficient (Wildman–Crippen LogP) is 2.61. The Morgan fingerprint density at radius 3 is 2.53 bits per heavy atom. The van der Waals surface area contributed by atoms with Gasteiger partial charge in [0.1, 0.15) is 5.75 Å². The first-order valence-electron chi connectivity index (χ1n) is 9.48. The maximum atomic E-state index is 12.6. The summed E-state index contributed by atoms with van der Waals surface area (Å²) in [6.07, 6.45) is 2.53. The van der Waals surface area contributed by atoms with E-state index in [0.717, 1.165) is 0 Å². The summed E-state index contributed by atoms with van der Waals surface area (Å²) >= 11 is 0. The minimum Gasteiger partial charge on any atom is -0.497 e. The lowest BCUT2D eigenvalue weighted by molar-refractivity contribution is -0.384. The van der Waals surface area contributed by atoms with Gasteiger partial charge in [0.15, 0.2) is 0 Å². The molecule has 3 rings (SSSR count). The minimum absolute atomic E-state index is 0.00793. The van der Waals surface area contributed by atoms with Crippen LogP contribution >= 0.6 is 0 Å². The van der Waals surface area contributed by atoms with Crippen molar-refractivity contribution in [2.75, 3.05) is 20.2 Å². The highest BCUT2D eigenvalue weighted by atomic mass is 16.6. The summed E-state index contributed by atoms with van der Waals surface area (Å²) in [7, 11) is 1.55. The highest BCUT2D eigenvalue weighted by Crippen LogP contribution is 2.21. The van der Waals surface area contributed by atoms with Crippen molar-refractivity contribution in [3.63, 3.8) is 0 Å². The zero-order valence-corrected chi connectivity index (χ0v) is 16.5. The molecule has 1 N–H and O–H groups in total. The summed E-state index contributed by atoms with van der Waals surface area (Å²) < 4.78 is 5.16. The van der Waals surface area contributed by atoms with Gasteiger partial charge in [0.25, 0.3) is 11.6 Å². The van der Waals surface area contributed by atoms with Gasteiger partial charge in [-0.25, -0.2) is 5.43 Å². The fourth-order valence-corrected chi connectivity index (χ4v) is 3.23. The van der Waals surface area contributed by atoms with E-state index in [2.05, 4.69) is 10.5 Å². The van der Waals surface area contributed by atoms with E-state index in [9.17, 15) is 19.7 Å². The van der Waals surface area contributed by atoms with Gasteiger partial charge in [0, 0.05) is 36.7 Å². The summed E-state index contributed by atoms with van der Waals surface area (Å²) in [4.78, 5) is 36.9. The molecule has 1 aliphatic heterocycles. The summed E-state index contributed by atoms with van der Waals surface area (Å²) in [6, 6.07) is 12.9. The molecule has 0 aliphatic carbocycles. The van der Waals surface area contributed by atoms with Gasteiger partial charge >= 0.3 is 0 Å². The number of likely N-dealkylation sites (tertiary alicyclic amines) is 1. The lowest BCUT2D eigenvalue weighted by atomic mass is 9.95. The van der Waals surface area contributed by atoms with Crippen molar-refractivity contribution in [2.24, 2.45) is 11.0 Å². The van der Waals surface area contributed by atoms with Crippen molar-refractivity contribution in [3.8, 4) is 5.75 Å². The Balaban J connectivity index is 1.48. The number of rotatable bonds is 6. The lowest BCUT2D eigenvalue weighted by Gasteiger charge is -2.31. The molecule has 156 valence electrons. The first kappa shape index (κ1) is 21.0. The molecule has 1 heterocycles. The largest absolute Gasteiger partial charge is 0.497 e. The summed E-state index contributed by atoms with van der Waals surface area (Å²) in [5.41, 5.74) is 3.70. The summed E-state index contributed by atoms with van der Waals surface area (Å²) in [5.74, 6) is 0.111. The smallest absolute Gasteiger partial charge is 0.269 e. The third kappa shape index (κ3) is 5.19. The Bertz CT molecular complexity index is 950. The van der Waals surface area contributed by atoms with Gasteiger partial charge < -0.3 is 9.64 Å². The predicted molar refractivity (Wildman–Crippen MR) is 110 cm³/mol. The average molecular weight is 410 g/mol. The van der Waals surface area contributed by atoms with E-state index in [4.69, 9.17) is 4.74 Å². The van der Waals surface area contributed by atoms with Gasteiger partial charge in [-0.2, -0.15) is 5.10 Å². The second-order valence-electron chi connectivity index (χ2n) is 6.88. The molecular weight excluding hydrogens is 388 g/mol. The number of carbonyl (C=O) groups is 2. The number of hydrogen-bond acceptors (Lipinski definition) is 6. The molecule has 1 aliphatic rings. The third-order valence-electron chi connectivity index (χ3n) is 4.96. The highest BCUT2D eigenvalue weighted by Gasteiger charge is 2.27. The topological polar surface area (TPSA) is 114 Å². The Labute approximate surface area is 173 Å². The van der Waals surface area contributed by atoms with Crippen LogP contribution in [0.4, 0.5) is 5.69 Å². The van der Waals surface area contributed by atoms with Crippen LogP contribution in [-0.2, 0) is 4.79 Å². The quantitative estimate of drug-likeness (QED) is 0.447. The first-order valence-corrected chi connectivity index (χ1v) is 9.48. The number of nitrogens with zero attached hydrogens (tertiary/aromatic N) is 3. The first-order chi connectivity index (χ1) is 14.5. The number of nitrogens with one attached hydrogen (secondary N) is 1. The average Bonchev–Trinajstić information content (AvgIpc) is 2.79. The fourth-order valence-electron chi connectivity index (χ4n) is 3.23. The molecule has 0 bridgehead atoms. The zero-order chi connectivity index (χ0) is 21.5. The molecule has 1 fully saturated rings. The normalized spacial score (nSPS) is 14.5. The van der Waals surface area contributed by atoms with Gasteiger partial charge in [0.2, 0.25) is 5.91 Å². The standard InChI is InChI=1S/C21H22N4O5/c1-30-19-4-2-3-17(13-19)21(27)24-11-9-16(10-12-24)20(26)23-22-14-15-5-7-18(8-6-15)25(28)29/h2-8,13-14,16H,9-12H2,1H3,(H,23,26)/b22-14-. The molecule has 9 nitrogen and oxygen atoms in total. The number of piperidine rings is 1. The maximum Gasteiger partial charge on any atom is 0.269 e. The molecule has 0 atom stereocenters. The van der Waals surface area contributed by atoms with Crippen molar-refractivity contribution in [1.82, 2.24) is 10.3 Å². The van der Waals surface area contributed by atoms with Gasteiger partial charge in [-0.05, 0) is 48.7 Å². The van der Waals surface area contributed by atoms with Crippen molar-refractivity contribution in [1.29, 1.82) is 0 Å². The van der Waals surface area contributed by atoms with Crippen LogP contribution in [0.15, 0.2) is 53.6 Å². The molecule has 1 saturated heterocycles. The number of benzene rings is 2. The van der Waals surface area contributed by atoms with Crippen molar-refractivity contribution < 1.29 is 19.2 Å². The van der Waals surface area contributed by atoms with E-state index >= 15 is 0 Å². The van der Waals surface area contributed by atoms with Gasteiger partial charge in [-0.1, -0.05) is 6.07 Å². The molecule has 2 amide bonds. The van der Waals surface area contributed by atoms with Crippen LogP contribution in [0.5, 0.6) is 5.75 Å². The van der Waals surface area contributed by atoms with Crippen LogP contribution in [0.2, 0.25) is 0 Å². The Morgan fingerprint density at radius 2 is 1.90 bits per heavy atom. The Hall–Kier alpha value is -3.75. The number of methoxy groups -OCH3 is 1. The maximum absolute atomic E-state index is 12.6. The Kier molecular flexibility index (Phi) is 6.74. The lowest BCUT2D eigenvalue weighted by Crippen LogP contribution is -2.42. The molecule has 2 aromatic carbocycles. The van der Waals surface area contributed by atoms with Crippen LogP contribution < -0.4 is 10.2 Å². The number of nitro groups is 1. The van der Waals surface area contributed by atoms with E-state index in [1.807, 2.05) is 0 Å². The molecule has 9 heteroatoms. The van der Waals surface area contributed by atoms with Crippen LogP contribution in [0.1, 0.15) is 28.8 Å². The second-order valence-corrected chi connectivity index (χ2v) is 6.88. The number of nitro benzene ring substituents is 1. The summed E-state index contributed by atoms with van der Waals surface area (Å²) in [6.45, 7) is 0.973. The van der Waals surface area contributed by atoms with Crippen LogP contribution in [-0.4, -0.2) is 48.1 Å². The summed E-state index contributed by atoms with van der Waals surface area (Å²) in [5, 5.41) is 14.6. The SMILES string of the molecule is COc1cccc(C(=O)N2CCC(C(=O)N/N=C\c3ccc([N+](=O)[O-])cc3)CC2)c1. The van der Waals surface area contributed by atoms with Crippen LogP contribution in [0.25, 0.3) is 0 Å². The zero-order valence-electron chi connectivity index (χ0n) is 16.5. The van der Waals surface area contributed by atoms with E-state index in [-0.39, 0.29) is 23.4 Å². The van der Waals surface area contributed by atoms with Crippen molar-refractivity contribution >= 4 is 23.7 Å². The number of hydrogen-bond donors (Lipinski definition) is 1. The number of hydrazone groups is 1. The number of ether oxygens (including phenoxy) is 1. The number of amides is 2. The van der Waals surface area contributed by atoms with E-state index in [1.54, 1.807) is 48.4 Å².